The van der Waals surface area contributed by atoms with Crippen LogP contribution in [-0.2, 0) is 0 Å². The van der Waals surface area contributed by atoms with Crippen molar-refractivity contribution in [2.75, 3.05) is 0 Å². The maximum atomic E-state index is 12.3. The van der Waals surface area contributed by atoms with E-state index >= 15 is 0 Å². The summed E-state index contributed by atoms with van der Waals surface area (Å²) >= 11 is 0. The first kappa shape index (κ1) is 18.3. The lowest BCUT2D eigenvalue weighted by atomic mass is 10.1. The van der Waals surface area contributed by atoms with E-state index in [0.717, 1.165) is 35.3 Å². The zero-order valence-corrected chi connectivity index (χ0v) is 15.8. The molecular weight excluding hydrogens is 352 g/mol. The van der Waals surface area contributed by atoms with Crippen molar-refractivity contribution >= 4 is 6.09 Å². The van der Waals surface area contributed by atoms with Crippen LogP contribution in [0.15, 0.2) is 65.5 Å². The van der Waals surface area contributed by atoms with E-state index in [-0.39, 0.29) is 12.1 Å². The van der Waals surface area contributed by atoms with Crippen molar-refractivity contribution in [3.8, 4) is 28.2 Å². The molecule has 5 heteroatoms. The van der Waals surface area contributed by atoms with Crippen molar-refractivity contribution in [2.45, 2.75) is 44.6 Å². The SMILES string of the molecule is O=C(NC1CCCCCC1)Oc1cccc(-c2cncc(-c3ccco3)c2)c1. The molecule has 3 aromatic rings. The van der Waals surface area contributed by atoms with E-state index in [1.807, 2.05) is 36.4 Å². The summed E-state index contributed by atoms with van der Waals surface area (Å²) in [6, 6.07) is 13.5. The highest BCUT2D eigenvalue weighted by molar-refractivity contribution is 5.73. The molecule has 144 valence electrons. The number of furan rings is 1. The number of carbonyl (C=O) groups excluding carboxylic acids is 1. The highest BCUT2D eigenvalue weighted by atomic mass is 16.6. The molecule has 2 heterocycles. The van der Waals surface area contributed by atoms with E-state index in [1.165, 1.54) is 25.7 Å². The molecule has 4 rings (SSSR count). The van der Waals surface area contributed by atoms with E-state index < -0.39 is 0 Å². The first-order valence-electron chi connectivity index (χ1n) is 9.86. The van der Waals surface area contributed by atoms with Crippen LogP contribution < -0.4 is 10.1 Å². The molecule has 0 aliphatic heterocycles. The normalized spacial score (nSPS) is 15.0. The van der Waals surface area contributed by atoms with Crippen molar-refractivity contribution in [2.24, 2.45) is 0 Å². The average Bonchev–Trinajstić information content (AvgIpc) is 3.14. The quantitative estimate of drug-likeness (QED) is 0.583. The minimum Gasteiger partial charge on any atom is -0.464 e. The number of nitrogens with zero attached hydrogens (tertiary/aromatic N) is 1. The number of aromatic nitrogens is 1. The standard InChI is InChI=1S/C23H24N2O3/c26-23(25-20-8-3-1-2-4-9-20)28-21-10-5-7-17(14-21)18-13-19(16-24-15-18)22-11-6-12-27-22/h5-7,10-16,20H,1-4,8-9H2,(H,25,26). The highest BCUT2D eigenvalue weighted by Crippen LogP contribution is 2.28. The number of rotatable bonds is 4. The van der Waals surface area contributed by atoms with Gasteiger partial charge in [0.15, 0.2) is 0 Å². The predicted molar refractivity (Wildman–Crippen MR) is 108 cm³/mol. The minimum atomic E-state index is -0.383. The lowest BCUT2D eigenvalue weighted by molar-refractivity contribution is 0.194. The maximum absolute atomic E-state index is 12.3. The summed E-state index contributed by atoms with van der Waals surface area (Å²) in [6.07, 6.45) is 11.7. The third-order valence-electron chi connectivity index (χ3n) is 5.10. The molecule has 0 bridgehead atoms. The number of ether oxygens (including phenoxy) is 1. The number of amides is 1. The molecule has 0 atom stereocenters. The van der Waals surface area contributed by atoms with Gasteiger partial charge in [-0.1, -0.05) is 37.8 Å². The van der Waals surface area contributed by atoms with Crippen molar-refractivity contribution in [1.29, 1.82) is 0 Å². The van der Waals surface area contributed by atoms with E-state index in [2.05, 4.69) is 10.3 Å². The van der Waals surface area contributed by atoms with E-state index in [1.54, 1.807) is 24.7 Å². The maximum Gasteiger partial charge on any atom is 0.412 e. The van der Waals surface area contributed by atoms with Gasteiger partial charge in [-0.25, -0.2) is 4.79 Å². The van der Waals surface area contributed by atoms with Crippen molar-refractivity contribution in [1.82, 2.24) is 10.3 Å². The van der Waals surface area contributed by atoms with Gasteiger partial charge in [0, 0.05) is 29.6 Å². The van der Waals surface area contributed by atoms with Crippen LogP contribution >= 0.6 is 0 Å². The molecular formula is C23H24N2O3. The Balaban J connectivity index is 1.46. The van der Waals surface area contributed by atoms with Crippen LogP contribution in [0.3, 0.4) is 0 Å². The van der Waals surface area contributed by atoms with Crippen LogP contribution in [-0.4, -0.2) is 17.1 Å². The van der Waals surface area contributed by atoms with Crippen LogP contribution in [0, 0.1) is 0 Å². The van der Waals surface area contributed by atoms with E-state index in [9.17, 15) is 4.79 Å². The summed E-state index contributed by atoms with van der Waals surface area (Å²) in [4.78, 5) is 16.6. The van der Waals surface area contributed by atoms with Crippen LogP contribution in [0.25, 0.3) is 22.5 Å². The van der Waals surface area contributed by atoms with Gasteiger partial charge in [-0.2, -0.15) is 0 Å². The molecule has 1 amide bonds. The molecule has 1 aromatic carbocycles. The molecule has 1 N–H and O–H groups in total. The van der Waals surface area contributed by atoms with Crippen molar-refractivity contribution < 1.29 is 13.9 Å². The lowest BCUT2D eigenvalue weighted by Crippen LogP contribution is -2.36. The molecule has 0 unspecified atom stereocenters. The lowest BCUT2D eigenvalue weighted by Gasteiger charge is -2.16. The molecule has 0 radical (unpaired) electrons. The van der Waals surface area contributed by atoms with Gasteiger partial charge in [0.2, 0.25) is 0 Å². The van der Waals surface area contributed by atoms with Gasteiger partial charge in [-0.15, -0.1) is 0 Å². The first-order chi connectivity index (χ1) is 13.8. The van der Waals surface area contributed by atoms with Crippen LogP contribution in [0.2, 0.25) is 0 Å². The largest absolute Gasteiger partial charge is 0.464 e. The molecule has 28 heavy (non-hydrogen) atoms. The van der Waals surface area contributed by atoms with Gasteiger partial charge < -0.3 is 14.5 Å². The molecule has 5 nitrogen and oxygen atoms in total. The second kappa shape index (κ2) is 8.74. The summed E-state index contributed by atoms with van der Waals surface area (Å²) in [5.41, 5.74) is 2.77. The fourth-order valence-corrected chi connectivity index (χ4v) is 3.64. The smallest absolute Gasteiger partial charge is 0.412 e. The molecule has 1 aliphatic rings. The Morgan fingerprint density at radius 2 is 1.79 bits per heavy atom. The molecule has 2 aromatic heterocycles. The Morgan fingerprint density at radius 1 is 0.964 bits per heavy atom. The van der Waals surface area contributed by atoms with Gasteiger partial charge >= 0.3 is 6.09 Å². The summed E-state index contributed by atoms with van der Waals surface area (Å²) in [5, 5.41) is 3.01. The molecule has 0 spiro atoms. The van der Waals surface area contributed by atoms with Crippen molar-refractivity contribution in [3.05, 3.63) is 61.1 Å². The molecule has 1 saturated carbocycles. The zero-order chi connectivity index (χ0) is 19.2. The molecule has 1 aliphatic carbocycles. The van der Waals surface area contributed by atoms with Crippen LogP contribution in [0.5, 0.6) is 5.75 Å². The third-order valence-corrected chi connectivity index (χ3v) is 5.10. The zero-order valence-electron chi connectivity index (χ0n) is 15.8. The summed E-state index contributed by atoms with van der Waals surface area (Å²) in [5.74, 6) is 1.29. The van der Waals surface area contributed by atoms with Gasteiger partial charge in [0.05, 0.1) is 6.26 Å². The summed E-state index contributed by atoms with van der Waals surface area (Å²) in [6.45, 7) is 0. The Morgan fingerprint density at radius 3 is 2.57 bits per heavy atom. The summed E-state index contributed by atoms with van der Waals surface area (Å²) < 4.78 is 11.0. The monoisotopic (exact) mass is 376 g/mol. The highest BCUT2D eigenvalue weighted by Gasteiger charge is 2.16. The summed E-state index contributed by atoms with van der Waals surface area (Å²) in [7, 11) is 0. The predicted octanol–water partition coefficient (Wildman–Crippen LogP) is 5.82. The van der Waals surface area contributed by atoms with Gasteiger partial charge in [0.1, 0.15) is 11.5 Å². The number of hydrogen-bond acceptors (Lipinski definition) is 4. The van der Waals surface area contributed by atoms with E-state index in [4.69, 9.17) is 9.15 Å². The Bertz CT molecular complexity index is 913. The first-order valence-corrected chi connectivity index (χ1v) is 9.86. The number of hydrogen-bond donors (Lipinski definition) is 1. The van der Waals surface area contributed by atoms with Gasteiger partial charge in [-0.3, -0.25) is 4.98 Å². The third kappa shape index (κ3) is 4.60. The molecule has 0 saturated heterocycles. The van der Waals surface area contributed by atoms with Gasteiger partial charge in [-0.05, 0) is 48.7 Å². The number of nitrogens with one attached hydrogen (secondary N) is 1. The number of pyridine rings is 1. The second-order valence-electron chi connectivity index (χ2n) is 7.19. The number of carbonyl (C=O) groups is 1. The fourth-order valence-electron chi connectivity index (χ4n) is 3.64. The Labute approximate surface area is 164 Å². The average molecular weight is 376 g/mol. The van der Waals surface area contributed by atoms with Crippen LogP contribution in [0.4, 0.5) is 4.79 Å². The Kier molecular flexibility index (Phi) is 5.71. The number of benzene rings is 1. The topological polar surface area (TPSA) is 64.4 Å². The Hall–Kier alpha value is -3.08. The second-order valence-corrected chi connectivity index (χ2v) is 7.19. The van der Waals surface area contributed by atoms with Crippen molar-refractivity contribution in [3.63, 3.8) is 0 Å². The molecule has 1 fully saturated rings. The fraction of sp³-hybridized carbons (Fsp3) is 0.304. The minimum absolute atomic E-state index is 0.215. The van der Waals surface area contributed by atoms with Crippen LogP contribution in [0.1, 0.15) is 38.5 Å². The van der Waals surface area contributed by atoms with E-state index in [0.29, 0.717) is 5.75 Å². The van der Waals surface area contributed by atoms with Gasteiger partial charge in [0.25, 0.3) is 0 Å².